The molecule has 0 bridgehead atoms. The Labute approximate surface area is 90.6 Å². The van der Waals surface area contributed by atoms with Crippen LogP contribution in [0.2, 0.25) is 0 Å². The minimum atomic E-state index is -0.00413. The number of hydrogen-bond acceptors (Lipinski definition) is 3. The summed E-state index contributed by atoms with van der Waals surface area (Å²) in [6.45, 7) is 3.05. The zero-order chi connectivity index (χ0) is 10.6. The number of nitrogens with one attached hydrogen (secondary N) is 1. The fourth-order valence-electron chi connectivity index (χ4n) is 1.87. The molecule has 2 rings (SSSR count). The highest BCUT2D eigenvalue weighted by molar-refractivity contribution is 5.15. The average molecular weight is 206 g/mol. The van der Waals surface area contributed by atoms with Crippen molar-refractivity contribution >= 4 is 0 Å². The average Bonchev–Trinajstić information content (AvgIpc) is 2.77. The Morgan fingerprint density at radius 2 is 2.13 bits per heavy atom. The summed E-state index contributed by atoms with van der Waals surface area (Å²) in [6, 6.07) is 10.4. The molecule has 0 saturated carbocycles. The van der Waals surface area contributed by atoms with Crippen molar-refractivity contribution in [3.05, 3.63) is 35.9 Å². The fourth-order valence-corrected chi connectivity index (χ4v) is 1.87. The van der Waals surface area contributed by atoms with Gasteiger partial charge in [0.15, 0.2) is 0 Å². The normalized spacial score (nSPS) is 25.7. The van der Waals surface area contributed by atoms with E-state index >= 15 is 0 Å². The maximum atomic E-state index is 5.79. The molecular weight excluding hydrogens is 188 g/mol. The second-order valence-electron chi connectivity index (χ2n) is 4.13. The summed E-state index contributed by atoms with van der Waals surface area (Å²) in [5.41, 5.74) is 7.08. The van der Waals surface area contributed by atoms with Gasteiger partial charge in [0.25, 0.3) is 0 Å². The Morgan fingerprint density at radius 1 is 1.33 bits per heavy atom. The maximum Gasteiger partial charge on any atom is 0.0661 e. The van der Waals surface area contributed by atoms with Gasteiger partial charge in [0, 0.05) is 19.7 Å². The van der Waals surface area contributed by atoms with Crippen LogP contribution in [0.3, 0.4) is 0 Å². The third kappa shape index (κ3) is 2.56. The van der Waals surface area contributed by atoms with Crippen LogP contribution in [-0.4, -0.2) is 25.3 Å². The van der Waals surface area contributed by atoms with E-state index in [-0.39, 0.29) is 5.54 Å². The van der Waals surface area contributed by atoms with E-state index in [1.165, 1.54) is 5.56 Å². The van der Waals surface area contributed by atoms with Gasteiger partial charge in [-0.25, -0.2) is 0 Å². The molecule has 0 spiro atoms. The number of benzene rings is 1. The van der Waals surface area contributed by atoms with Gasteiger partial charge in [-0.05, 0) is 12.0 Å². The molecule has 82 valence electrons. The van der Waals surface area contributed by atoms with E-state index in [1.54, 1.807) is 0 Å². The lowest BCUT2D eigenvalue weighted by Crippen LogP contribution is -2.51. The van der Waals surface area contributed by atoms with Crippen LogP contribution in [0.25, 0.3) is 0 Å². The Hall–Kier alpha value is -0.900. The lowest BCUT2D eigenvalue weighted by atomic mass is 9.98. The molecule has 1 aromatic carbocycles. The van der Waals surface area contributed by atoms with Crippen molar-refractivity contribution in [3.63, 3.8) is 0 Å². The van der Waals surface area contributed by atoms with Gasteiger partial charge >= 0.3 is 0 Å². The molecule has 0 aromatic heterocycles. The first-order valence-electron chi connectivity index (χ1n) is 5.41. The molecule has 1 aliphatic rings. The van der Waals surface area contributed by atoms with Crippen molar-refractivity contribution in [1.82, 2.24) is 5.32 Å². The van der Waals surface area contributed by atoms with Crippen LogP contribution in [0, 0.1) is 0 Å². The van der Waals surface area contributed by atoms with Crippen molar-refractivity contribution in [2.24, 2.45) is 5.73 Å². The van der Waals surface area contributed by atoms with Gasteiger partial charge in [-0.3, -0.25) is 0 Å². The SMILES string of the molecule is NCC1(NCc2ccccc2)CCOC1. The molecule has 1 aromatic rings. The molecule has 1 saturated heterocycles. The van der Waals surface area contributed by atoms with E-state index in [0.717, 1.165) is 26.2 Å². The van der Waals surface area contributed by atoms with Crippen molar-refractivity contribution < 1.29 is 4.74 Å². The van der Waals surface area contributed by atoms with Gasteiger partial charge in [0.05, 0.1) is 12.1 Å². The molecule has 1 fully saturated rings. The summed E-state index contributed by atoms with van der Waals surface area (Å²) in [7, 11) is 0. The lowest BCUT2D eigenvalue weighted by molar-refractivity contribution is 0.168. The quantitative estimate of drug-likeness (QED) is 0.769. The minimum Gasteiger partial charge on any atom is -0.379 e. The van der Waals surface area contributed by atoms with Crippen LogP contribution in [-0.2, 0) is 11.3 Å². The van der Waals surface area contributed by atoms with Gasteiger partial charge in [0.1, 0.15) is 0 Å². The van der Waals surface area contributed by atoms with Gasteiger partial charge < -0.3 is 15.8 Å². The first-order valence-corrected chi connectivity index (χ1v) is 5.41. The summed E-state index contributed by atoms with van der Waals surface area (Å²) in [6.07, 6.45) is 1.01. The van der Waals surface area contributed by atoms with Crippen LogP contribution >= 0.6 is 0 Å². The van der Waals surface area contributed by atoms with E-state index < -0.39 is 0 Å². The monoisotopic (exact) mass is 206 g/mol. The summed E-state index contributed by atoms with van der Waals surface area (Å²) < 4.78 is 5.40. The first-order chi connectivity index (χ1) is 7.35. The van der Waals surface area contributed by atoms with Crippen LogP contribution in [0.5, 0.6) is 0 Å². The van der Waals surface area contributed by atoms with E-state index in [0.29, 0.717) is 6.54 Å². The number of ether oxygens (including phenoxy) is 1. The largest absolute Gasteiger partial charge is 0.379 e. The molecule has 0 amide bonds. The molecule has 0 radical (unpaired) electrons. The minimum absolute atomic E-state index is 0.00413. The van der Waals surface area contributed by atoms with Crippen LogP contribution < -0.4 is 11.1 Å². The van der Waals surface area contributed by atoms with Crippen molar-refractivity contribution in [2.75, 3.05) is 19.8 Å². The van der Waals surface area contributed by atoms with Crippen LogP contribution in [0.4, 0.5) is 0 Å². The lowest BCUT2D eigenvalue weighted by Gasteiger charge is -2.27. The number of hydrogen-bond donors (Lipinski definition) is 2. The molecule has 3 N–H and O–H groups in total. The van der Waals surface area contributed by atoms with E-state index in [2.05, 4.69) is 29.6 Å². The van der Waals surface area contributed by atoms with Gasteiger partial charge in [-0.2, -0.15) is 0 Å². The van der Waals surface area contributed by atoms with Crippen molar-refractivity contribution in [2.45, 2.75) is 18.5 Å². The molecule has 1 atom stereocenters. The summed E-state index contributed by atoms with van der Waals surface area (Å²) in [5.74, 6) is 0. The highest BCUT2D eigenvalue weighted by Crippen LogP contribution is 2.17. The third-order valence-electron chi connectivity index (χ3n) is 3.00. The second kappa shape index (κ2) is 4.75. The highest BCUT2D eigenvalue weighted by atomic mass is 16.5. The van der Waals surface area contributed by atoms with E-state index in [1.807, 2.05) is 6.07 Å². The van der Waals surface area contributed by atoms with Crippen molar-refractivity contribution in [1.29, 1.82) is 0 Å². The smallest absolute Gasteiger partial charge is 0.0661 e. The van der Waals surface area contributed by atoms with Crippen molar-refractivity contribution in [3.8, 4) is 0 Å². The van der Waals surface area contributed by atoms with Gasteiger partial charge in [-0.1, -0.05) is 30.3 Å². The predicted molar refractivity (Wildman–Crippen MR) is 60.5 cm³/mol. The fraction of sp³-hybridized carbons (Fsp3) is 0.500. The standard InChI is InChI=1S/C12H18N2O/c13-9-12(6-7-15-10-12)14-8-11-4-2-1-3-5-11/h1-5,14H,6-10,13H2. The molecule has 15 heavy (non-hydrogen) atoms. The molecular formula is C12H18N2O. The summed E-state index contributed by atoms with van der Waals surface area (Å²) >= 11 is 0. The van der Waals surface area contributed by atoms with Gasteiger partial charge in [-0.15, -0.1) is 0 Å². The molecule has 1 aliphatic heterocycles. The summed E-state index contributed by atoms with van der Waals surface area (Å²) in [4.78, 5) is 0. The first kappa shape index (κ1) is 10.6. The Balaban J connectivity index is 1.92. The number of rotatable bonds is 4. The molecule has 1 unspecified atom stereocenters. The van der Waals surface area contributed by atoms with E-state index in [4.69, 9.17) is 10.5 Å². The predicted octanol–water partition coefficient (Wildman–Crippen LogP) is 0.894. The summed E-state index contributed by atoms with van der Waals surface area (Å²) in [5, 5.41) is 3.51. The zero-order valence-corrected chi connectivity index (χ0v) is 8.91. The molecule has 1 heterocycles. The Bertz CT molecular complexity index is 294. The molecule has 3 nitrogen and oxygen atoms in total. The molecule has 3 heteroatoms. The molecule has 0 aliphatic carbocycles. The topological polar surface area (TPSA) is 47.3 Å². The van der Waals surface area contributed by atoms with E-state index in [9.17, 15) is 0 Å². The highest BCUT2D eigenvalue weighted by Gasteiger charge is 2.32. The Morgan fingerprint density at radius 3 is 2.73 bits per heavy atom. The second-order valence-corrected chi connectivity index (χ2v) is 4.13. The van der Waals surface area contributed by atoms with Crippen LogP contribution in [0.15, 0.2) is 30.3 Å². The van der Waals surface area contributed by atoms with Crippen LogP contribution in [0.1, 0.15) is 12.0 Å². The Kier molecular flexibility index (Phi) is 3.36. The third-order valence-corrected chi connectivity index (χ3v) is 3.00. The number of nitrogens with two attached hydrogens (primary N) is 1. The zero-order valence-electron chi connectivity index (χ0n) is 8.91. The van der Waals surface area contributed by atoms with Gasteiger partial charge in [0.2, 0.25) is 0 Å². The maximum absolute atomic E-state index is 5.79.